The molecule has 268 valence electrons. The first kappa shape index (κ1) is 37.1. The number of carbonyl (C=O) groups is 3. The molecule has 9 heteroatoms. The lowest BCUT2D eigenvalue weighted by Crippen LogP contribution is -2.58. The van der Waals surface area contributed by atoms with E-state index in [0.717, 1.165) is 39.8 Å². The summed E-state index contributed by atoms with van der Waals surface area (Å²) in [6, 6.07) is 31.1. The molecule has 1 saturated heterocycles. The van der Waals surface area contributed by atoms with Gasteiger partial charge in [-0.25, -0.2) is 4.79 Å². The fraction of sp³-hybridized carbons (Fsp3) is 0.357. The van der Waals surface area contributed by atoms with Gasteiger partial charge in [-0.2, -0.15) is 0 Å². The van der Waals surface area contributed by atoms with Crippen LogP contribution in [0.1, 0.15) is 46.2 Å². The smallest absolute Gasteiger partial charge is 0.318 e. The zero-order chi connectivity index (χ0) is 36.2. The van der Waals surface area contributed by atoms with Crippen LogP contribution in [0.3, 0.4) is 0 Å². The maximum Gasteiger partial charge on any atom is 0.318 e. The Hall–Kier alpha value is -5.15. The van der Waals surface area contributed by atoms with Gasteiger partial charge >= 0.3 is 6.03 Å². The monoisotopic (exact) mass is 690 g/mol. The van der Waals surface area contributed by atoms with Crippen molar-refractivity contribution >= 4 is 17.8 Å². The number of para-hydroxylation sites is 1. The standard InChI is InChI=1S/C42H50N4O5/c1-29-18-20-34(21-19-29)26-37(46-23-11-22-43-42(46)50)41(49)44-35(24-32-14-6-4-7-15-32)27-38(47)36(25-33-16-8-5-9-17-33)45-39(48)28-51-40-30(2)12-10-13-31(40)3/h4-10,12-21,35-38,47H,11,22-28H2,1-3H3,(H,43,50)(H,44,49)(H,45,48)/t35-,36-,37-,38-/m0/s1. The average molecular weight is 691 g/mol. The van der Waals surface area contributed by atoms with Crippen molar-refractivity contribution in [1.29, 1.82) is 0 Å². The van der Waals surface area contributed by atoms with E-state index in [1.54, 1.807) is 4.90 Å². The van der Waals surface area contributed by atoms with Gasteiger partial charge in [0.15, 0.2) is 6.61 Å². The van der Waals surface area contributed by atoms with Crippen molar-refractivity contribution in [1.82, 2.24) is 20.9 Å². The van der Waals surface area contributed by atoms with E-state index in [1.165, 1.54) is 0 Å². The molecule has 0 saturated carbocycles. The molecule has 51 heavy (non-hydrogen) atoms. The Morgan fingerprint density at radius 1 is 0.784 bits per heavy atom. The second kappa shape index (κ2) is 18.2. The van der Waals surface area contributed by atoms with Crippen LogP contribution in [-0.2, 0) is 28.9 Å². The van der Waals surface area contributed by atoms with Crippen molar-refractivity contribution in [2.24, 2.45) is 0 Å². The van der Waals surface area contributed by atoms with E-state index in [9.17, 15) is 19.5 Å². The molecule has 0 spiro atoms. The molecular formula is C42H50N4O5. The second-order valence-electron chi connectivity index (χ2n) is 13.6. The van der Waals surface area contributed by atoms with Gasteiger partial charge in [-0.05, 0) is 74.3 Å². The first-order chi connectivity index (χ1) is 24.7. The Kier molecular flexibility index (Phi) is 13.2. The van der Waals surface area contributed by atoms with Gasteiger partial charge in [-0.1, -0.05) is 109 Å². The van der Waals surface area contributed by atoms with Gasteiger partial charge in [-0.15, -0.1) is 0 Å². The number of nitrogens with zero attached hydrogens (tertiary/aromatic N) is 1. The molecule has 4 N–H and O–H groups in total. The molecule has 1 heterocycles. The molecule has 1 aliphatic rings. The topological polar surface area (TPSA) is 120 Å². The first-order valence-corrected chi connectivity index (χ1v) is 17.8. The Bertz CT molecular complexity index is 1710. The van der Waals surface area contributed by atoms with Crippen molar-refractivity contribution in [3.63, 3.8) is 0 Å². The summed E-state index contributed by atoms with van der Waals surface area (Å²) in [6.45, 7) is 6.72. The molecule has 0 aliphatic carbocycles. The summed E-state index contributed by atoms with van der Waals surface area (Å²) in [7, 11) is 0. The number of aliphatic hydroxyl groups excluding tert-OH is 1. The van der Waals surface area contributed by atoms with Crippen LogP contribution in [0.4, 0.5) is 4.79 Å². The Balaban J connectivity index is 1.36. The fourth-order valence-electron chi connectivity index (χ4n) is 6.65. The van der Waals surface area contributed by atoms with Crippen molar-refractivity contribution in [2.45, 2.75) is 77.1 Å². The van der Waals surface area contributed by atoms with Gasteiger partial charge < -0.3 is 30.7 Å². The minimum Gasteiger partial charge on any atom is -0.483 e. The molecule has 5 rings (SSSR count). The van der Waals surface area contributed by atoms with Crippen molar-refractivity contribution in [3.05, 3.63) is 137 Å². The van der Waals surface area contributed by atoms with Crippen molar-refractivity contribution < 1.29 is 24.2 Å². The van der Waals surface area contributed by atoms with E-state index in [0.29, 0.717) is 38.1 Å². The molecule has 9 nitrogen and oxygen atoms in total. The molecule has 1 aliphatic heterocycles. The zero-order valence-corrected chi connectivity index (χ0v) is 29.8. The van der Waals surface area contributed by atoms with Gasteiger partial charge in [0.25, 0.3) is 5.91 Å². The van der Waals surface area contributed by atoms with Crippen LogP contribution in [0.15, 0.2) is 103 Å². The molecule has 1 fully saturated rings. The highest BCUT2D eigenvalue weighted by Gasteiger charge is 2.34. The fourth-order valence-corrected chi connectivity index (χ4v) is 6.65. The maximum atomic E-state index is 14.3. The lowest BCUT2D eigenvalue weighted by molar-refractivity contribution is -0.127. The minimum atomic E-state index is -1.02. The molecule has 0 radical (unpaired) electrons. The third-order valence-corrected chi connectivity index (χ3v) is 9.40. The summed E-state index contributed by atoms with van der Waals surface area (Å²) in [4.78, 5) is 42.2. The number of ether oxygens (including phenoxy) is 1. The van der Waals surface area contributed by atoms with Crippen LogP contribution in [0.2, 0.25) is 0 Å². The number of carbonyl (C=O) groups excluding carboxylic acids is 3. The van der Waals surface area contributed by atoms with Gasteiger partial charge in [-0.3, -0.25) is 9.59 Å². The molecule has 0 aromatic heterocycles. The highest BCUT2D eigenvalue weighted by Crippen LogP contribution is 2.22. The normalized spacial score (nSPS) is 15.2. The first-order valence-electron chi connectivity index (χ1n) is 17.8. The summed E-state index contributed by atoms with van der Waals surface area (Å²) in [5, 5.41) is 21.0. The van der Waals surface area contributed by atoms with Crippen LogP contribution >= 0.6 is 0 Å². The Morgan fingerprint density at radius 2 is 1.39 bits per heavy atom. The summed E-state index contributed by atoms with van der Waals surface area (Å²) in [6.07, 6.45) is 1.08. The Labute approximate surface area is 301 Å². The molecule has 4 aromatic rings. The molecular weight excluding hydrogens is 640 g/mol. The largest absolute Gasteiger partial charge is 0.483 e. The van der Waals surface area contributed by atoms with Gasteiger partial charge in [0, 0.05) is 25.6 Å². The van der Waals surface area contributed by atoms with E-state index >= 15 is 0 Å². The van der Waals surface area contributed by atoms with Crippen LogP contribution in [0.5, 0.6) is 5.75 Å². The molecule has 0 bridgehead atoms. The number of benzene rings is 4. The van der Waals surface area contributed by atoms with Gasteiger partial charge in [0.1, 0.15) is 11.8 Å². The number of aryl methyl sites for hydroxylation is 3. The summed E-state index contributed by atoms with van der Waals surface area (Å²) < 4.78 is 5.93. The lowest BCUT2D eigenvalue weighted by atomic mass is 9.93. The van der Waals surface area contributed by atoms with Crippen LogP contribution in [0, 0.1) is 20.8 Å². The Morgan fingerprint density at radius 3 is 2.02 bits per heavy atom. The number of hydrogen-bond donors (Lipinski definition) is 4. The quantitative estimate of drug-likeness (QED) is 0.129. The zero-order valence-electron chi connectivity index (χ0n) is 29.8. The van der Waals surface area contributed by atoms with E-state index in [1.807, 2.05) is 124 Å². The van der Waals surface area contributed by atoms with E-state index in [-0.39, 0.29) is 30.9 Å². The maximum absolute atomic E-state index is 14.3. The summed E-state index contributed by atoms with van der Waals surface area (Å²) >= 11 is 0. The molecule has 4 aromatic carbocycles. The number of urea groups is 1. The van der Waals surface area contributed by atoms with E-state index in [4.69, 9.17) is 4.74 Å². The third-order valence-electron chi connectivity index (χ3n) is 9.40. The number of hydrogen-bond acceptors (Lipinski definition) is 5. The number of aliphatic hydroxyl groups is 1. The van der Waals surface area contributed by atoms with Crippen LogP contribution in [0.25, 0.3) is 0 Å². The number of amides is 4. The van der Waals surface area contributed by atoms with Crippen LogP contribution < -0.4 is 20.7 Å². The molecule has 0 unspecified atom stereocenters. The number of rotatable bonds is 16. The number of nitrogens with one attached hydrogen (secondary N) is 3. The minimum absolute atomic E-state index is 0.166. The van der Waals surface area contributed by atoms with E-state index in [2.05, 4.69) is 16.0 Å². The highest BCUT2D eigenvalue weighted by atomic mass is 16.5. The molecule has 4 amide bonds. The summed E-state index contributed by atoms with van der Waals surface area (Å²) in [5.74, 6) is 0.0305. The average Bonchev–Trinajstić information content (AvgIpc) is 3.12. The SMILES string of the molecule is Cc1ccc(C[C@@H](C(=O)N[C@@H](Cc2ccccc2)C[C@H](O)[C@H](Cc2ccccc2)NC(=O)COc2c(C)cccc2C)N2CCCNC2=O)cc1. The highest BCUT2D eigenvalue weighted by molar-refractivity contribution is 5.88. The molecule has 4 atom stereocenters. The lowest BCUT2D eigenvalue weighted by Gasteiger charge is -2.35. The third kappa shape index (κ3) is 10.9. The van der Waals surface area contributed by atoms with Crippen molar-refractivity contribution in [3.8, 4) is 5.75 Å². The predicted octanol–water partition coefficient (Wildman–Crippen LogP) is 5.22. The van der Waals surface area contributed by atoms with Crippen molar-refractivity contribution in [2.75, 3.05) is 19.7 Å². The predicted molar refractivity (Wildman–Crippen MR) is 200 cm³/mol. The van der Waals surface area contributed by atoms with Gasteiger partial charge in [0.05, 0.1) is 12.1 Å². The second-order valence-corrected chi connectivity index (χ2v) is 13.6. The van der Waals surface area contributed by atoms with Crippen LogP contribution in [-0.4, -0.2) is 71.8 Å². The van der Waals surface area contributed by atoms with E-state index < -0.39 is 24.2 Å². The summed E-state index contributed by atoms with van der Waals surface area (Å²) in [5.41, 5.74) is 5.88. The van der Waals surface area contributed by atoms with Gasteiger partial charge in [0.2, 0.25) is 5.91 Å².